The van der Waals surface area contributed by atoms with E-state index in [1.165, 1.54) is 16.6 Å². The van der Waals surface area contributed by atoms with Gasteiger partial charge in [-0.3, -0.25) is 0 Å². The Kier molecular flexibility index (Phi) is 4.08. The van der Waals surface area contributed by atoms with E-state index in [0.29, 0.717) is 0 Å². The molecule has 2 aromatic carbocycles. The SMILES string of the molecule is C=CCCn1c(-c2ccc(C(C)(C)C)cc2)nc2ccccc21. The Morgan fingerprint density at radius 3 is 2.39 bits per heavy atom. The first-order chi connectivity index (χ1) is 11.0. The van der Waals surface area contributed by atoms with Crippen molar-refractivity contribution in [2.24, 2.45) is 0 Å². The van der Waals surface area contributed by atoms with E-state index in [9.17, 15) is 0 Å². The van der Waals surface area contributed by atoms with Gasteiger partial charge < -0.3 is 4.57 Å². The summed E-state index contributed by atoms with van der Waals surface area (Å²) in [5.74, 6) is 1.04. The van der Waals surface area contributed by atoms with Crippen LogP contribution in [-0.2, 0) is 12.0 Å². The molecule has 0 aliphatic carbocycles. The number of nitrogens with zero attached hydrogens (tertiary/aromatic N) is 2. The molecule has 0 N–H and O–H groups in total. The first-order valence-electron chi connectivity index (χ1n) is 8.18. The second-order valence-electron chi connectivity index (χ2n) is 6.98. The van der Waals surface area contributed by atoms with E-state index in [2.05, 4.69) is 74.4 Å². The van der Waals surface area contributed by atoms with Gasteiger partial charge in [0.2, 0.25) is 0 Å². The van der Waals surface area contributed by atoms with Gasteiger partial charge in [0, 0.05) is 12.1 Å². The van der Waals surface area contributed by atoms with Crippen molar-refractivity contribution in [1.29, 1.82) is 0 Å². The molecular formula is C21H24N2. The van der Waals surface area contributed by atoms with E-state index in [1.54, 1.807) is 0 Å². The van der Waals surface area contributed by atoms with E-state index in [4.69, 9.17) is 4.98 Å². The van der Waals surface area contributed by atoms with Crippen LogP contribution in [0.4, 0.5) is 0 Å². The average Bonchev–Trinajstić information content (AvgIpc) is 2.91. The second-order valence-corrected chi connectivity index (χ2v) is 6.98. The zero-order chi connectivity index (χ0) is 16.4. The second kappa shape index (κ2) is 6.04. The van der Waals surface area contributed by atoms with Crippen LogP contribution in [0, 0.1) is 0 Å². The molecule has 1 aromatic heterocycles. The lowest BCUT2D eigenvalue weighted by molar-refractivity contribution is 0.590. The highest BCUT2D eigenvalue weighted by Gasteiger charge is 2.15. The fourth-order valence-corrected chi connectivity index (χ4v) is 2.86. The summed E-state index contributed by atoms with van der Waals surface area (Å²) in [5, 5.41) is 0. The van der Waals surface area contributed by atoms with Crippen molar-refractivity contribution in [3.05, 3.63) is 66.7 Å². The summed E-state index contributed by atoms with van der Waals surface area (Å²) in [6, 6.07) is 17.1. The minimum absolute atomic E-state index is 0.168. The molecule has 0 radical (unpaired) electrons. The largest absolute Gasteiger partial charge is 0.324 e. The number of imidazole rings is 1. The van der Waals surface area contributed by atoms with Crippen molar-refractivity contribution in [2.45, 2.75) is 39.2 Å². The van der Waals surface area contributed by atoms with Crippen LogP contribution in [0.3, 0.4) is 0 Å². The topological polar surface area (TPSA) is 17.8 Å². The van der Waals surface area contributed by atoms with Crippen LogP contribution in [0.2, 0.25) is 0 Å². The quantitative estimate of drug-likeness (QED) is 0.576. The fraction of sp³-hybridized carbons (Fsp3) is 0.286. The summed E-state index contributed by atoms with van der Waals surface area (Å²) in [5.41, 5.74) is 4.91. The summed E-state index contributed by atoms with van der Waals surface area (Å²) in [7, 11) is 0. The number of allylic oxidation sites excluding steroid dienone is 1. The smallest absolute Gasteiger partial charge is 0.141 e. The van der Waals surface area contributed by atoms with Gasteiger partial charge in [-0.05, 0) is 29.5 Å². The molecule has 0 saturated heterocycles. The molecule has 0 spiro atoms. The van der Waals surface area contributed by atoms with Crippen LogP contribution < -0.4 is 0 Å². The van der Waals surface area contributed by atoms with Crippen molar-refractivity contribution in [3.8, 4) is 11.4 Å². The highest BCUT2D eigenvalue weighted by molar-refractivity contribution is 5.80. The molecule has 0 fully saturated rings. The fourth-order valence-electron chi connectivity index (χ4n) is 2.86. The minimum atomic E-state index is 0.168. The Balaban J connectivity index is 2.09. The van der Waals surface area contributed by atoms with Crippen LogP contribution in [0.25, 0.3) is 22.4 Å². The molecule has 3 rings (SSSR count). The van der Waals surface area contributed by atoms with Crippen LogP contribution in [-0.4, -0.2) is 9.55 Å². The van der Waals surface area contributed by atoms with Crippen molar-refractivity contribution < 1.29 is 0 Å². The van der Waals surface area contributed by atoms with Crippen LogP contribution >= 0.6 is 0 Å². The van der Waals surface area contributed by atoms with Crippen LogP contribution in [0.5, 0.6) is 0 Å². The molecule has 3 aromatic rings. The number of hydrogen-bond acceptors (Lipinski definition) is 1. The number of benzene rings is 2. The zero-order valence-electron chi connectivity index (χ0n) is 14.2. The third kappa shape index (κ3) is 3.07. The van der Waals surface area contributed by atoms with Gasteiger partial charge in [0.25, 0.3) is 0 Å². The first-order valence-corrected chi connectivity index (χ1v) is 8.18. The average molecular weight is 304 g/mol. The van der Waals surface area contributed by atoms with Gasteiger partial charge in [-0.15, -0.1) is 6.58 Å². The standard InChI is InChI=1S/C21H24N2/c1-5-6-15-23-19-10-8-7-9-18(19)22-20(23)16-11-13-17(14-12-16)21(2,3)4/h5,7-14H,1,6,15H2,2-4H3. The van der Waals surface area contributed by atoms with Crippen molar-refractivity contribution >= 4 is 11.0 Å². The Morgan fingerprint density at radius 2 is 1.74 bits per heavy atom. The normalized spacial score (nSPS) is 11.8. The minimum Gasteiger partial charge on any atom is -0.324 e. The number of para-hydroxylation sites is 2. The predicted octanol–water partition coefficient (Wildman–Crippen LogP) is 5.58. The number of aromatic nitrogens is 2. The van der Waals surface area contributed by atoms with Gasteiger partial charge in [0.15, 0.2) is 0 Å². The highest BCUT2D eigenvalue weighted by Crippen LogP contribution is 2.28. The maximum absolute atomic E-state index is 4.86. The summed E-state index contributed by atoms with van der Waals surface area (Å²) < 4.78 is 2.29. The molecule has 0 unspecified atom stereocenters. The summed E-state index contributed by atoms with van der Waals surface area (Å²) in [6.07, 6.45) is 2.90. The third-order valence-electron chi connectivity index (χ3n) is 4.22. The van der Waals surface area contributed by atoms with Gasteiger partial charge in [0.1, 0.15) is 5.82 Å². The zero-order valence-corrected chi connectivity index (χ0v) is 14.2. The molecular weight excluding hydrogens is 280 g/mol. The van der Waals surface area contributed by atoms with Gasteiger partial charge in [0.05, 0.1) is 11.0 Å². The van der Waals surface area contributed by atoms with Gasteiger partial charge in [-0.2, -0.15) is 0 Å². The van der Waals surface area contributed by atoms with Crippen molar-refractivity contribution in [3.63, 3.8) is 0 Å². The molecule has 0 aliphatic heterocycles. The maximum Gasteiger partial charge on any atom is 0.141 e. The lowest BCUT2D eigenvalue weighted by Gasteiger charge is -2.19. The van der Waals surface area contributed by atoms with Crippen molar-refractivity contribution in [2.75, 3.05) is 0 Å². The van der Waals surface area contributed by atoms with E-state index in [1.807, 2.05) is 12.1 Å². The van der Waals surface area contributed by atoms with Gasteiger partial charge in [-0.1, -0.05) is 63.2 Å². The lowest BCUT2D eigenvalue weighted by atomic mass is 9.87. The summed E-state index contributed by atoms with van der Waals surface area (Å²) in [6.45, 7) is 11.5. The van der Waals surface area contributed by atoms with E-state index in [-0.39, 0.29) is 5.41 Å². The molecule has 118 valence electrons. The Labute approximate surface area is 138 Å². The molecule has 0 aliphatic rings. The first kappa shape index (κ1) is 15.5. The Morgan fingerprint density at radius 1 is 1.04 bits per heavy atom. The molecule has 0 saturated carbocycles. The third-order valence-corrected chi connectivity index (χ3v) is 4.22. The number of hydrogen-bond donors (Lipinski definition) is 0. The predicted molar refractivity (Wildman–Crippen MR) is 98.7 cm³/mol. The molecule has 23 heavy (non-hydrogen) atoms. The highest BCUT2D eigenvalue weighted by atomic mass is 15.1. The molecule has 2 heteroatoms. The molecule has 0 bridgehead atoms. The number of fused-ring (bicyclic) bond motifs is 1. The lowest BCUT2D eigenvalue weighted by Crippen LogP contribution is -2.10. The molecule has 2 nitrogen and oxygen atoms in total. The van der Waals surface area contributed by atoms with Gasteiger partial charge in [-0.25, -0.2) is 4.98 Å². The van der Waals surface area contributed by atoms with E-state index >= 15 is 0 Å². The van der Waals surface area contributed by atoms with E-state index < -0.39 is 0 Å². The Hall–Kier alpha value is -2.35. The van der Waals surface area contributed by atoms with Crippen LogP contribution in [0.15, 0.2) is 61.2 Å². The monoisotopic (exact) mass is 304 g/mol. The number of aryl methyl sites for hydroxylation is 1. The Bertz CT molecular complexity index is 817. The molecule has 0 amide bonds. The van der Waals surface area contributed by atoms with Gasteiger partial charge >= 0.3 is 0 Å². The summed E-state index contributed by atoms with van der Waals surface area (Å²) in [4.78, 5) is 4.86. The number of rotatable bonds is 4. The molecule has 0 atom stereocenters. The van der Waals surface area contributed by atoms with Crippen molar-refractivity contribution in [1.82, 2.24) is 9.55 Å². The summed E-state index contributed by atoms with van der Waals surface area (Å²) >= 11 is 0. The maximum atomic E-state index is 4.86. The van der Waals surface area contributed by atoms with E-state index in [0.717, 1.165) is 24.3 Å². The van der Waals surface area contributed by atoms with Crippen LogP contribution in [0.1, 0.15) is 32.8 Å². The molecule has 1 heterocycles.